The highest BCUT2D eigenvalue weighted by molar-refractivity contribution is 7.88. The van der Waals surface area contributed by atoms with Crippen molar-refractivity contribution in [2.75, 3.05) is 13.3 Å². The van der Waals surface area contributed by atoms with Gasteiger partial charge >= 0.3 is 0 Å². The van der Waals surface area contributed by atoms with Crippen LogP contribution in [0.1, 0.15) is 34.9 Å². The van der Waals surface area contributed by atoms with Crippen molar-refractivity contribution in [3.63, 3.8) is 0 Å². The van der Waals surface area contributed by atoms with Crippen LogP contribution in [0, 0.1) is 0 Å². The second-order valence-corrected chi connectivity index (χ2v) is 6.95. The van der Waals surface area contributed by atoms with E-state index in [1.54, 1.807) is 19.3 Å². The lowest BCUT2D eigenvalue weighted by Gasteiger charge is -2.23. The molecule has 2 heterocycles. The molecule has 0 aliphatic rings. The Bertz CT molecular complexity index is 773. The second-order valence-electron chi connectivity index (χ2n) is 5.12. The molecule has 1 N–H and O–H groups in total. The summed E-state index contributed by atoms with van der Waals surface area (Å²) in [5.74, 6) is -0.0739. The van der Waals surface area contributed by atoms with Gasteiger partial charge in [0.1, 0.15) is 0 Å². The minimum atomic E-state index is -3.34. The average Bonchev–Trinajstić information content (AvgIpc) is 3.00. The first-order valence-corrected chi connectivity index (χ1v) is 8.75. The van der Waals surface area contributed by atoms with Gasteiger partial charge in [-0.3, -0.25) is 9.78 Å². The Morgan fingerprint density at radius 2 is 2.17 bits per heavy atom. The minimum absolute atomic E-state index is 0.0569. The topological polar surface area (TPSA) is 105 Å². The molecule has 0 aliphatic heterocycles. The normalized spacial score (nSPS) is 12.8. The second kappa shape index (κ2) is 6.88. The van der Waals surface area contributed by atoms with Crippen LogP contribution in [0.4, 0.5) is 0 Å². The Morgan fingerprint density at radius 1 is 1.43 bits per heavy atom. The Labute approximate surface area is 134 Å². The summed E-state index contributed by atoms with van der Waals surface area (Å²) in [4.78, 5) is 18.1. The maximum absolute atomic E-state index is 12.4. The Kier molecular flexibility index (Phi) is 5.12. The zero-order chi connectivity index (χ0) is 17.0. The van der Waals surface area contributed by atoms with Gasteiger partial charge in [-0.25, -0.2) is 13.1 Å². The van der Waals surface area contributed by atoms with Crippen LogP contribution >= 0.6 is 0 Å². The Hall–Kier alpha value is -2.26. The molecule has 1 unspecified atom stereocenters. The number of hydrogen-bond acceptors (Lipinski definition) is 6. The largest absolute Gasteiger partial charge is 0.359 e. The molecule has 23 heavy (non-hydrogen) atoms. The maximum Gasteiger partial charge on any atom is 0.276 e. The lowest BCUT2D eigenvalue weighted by molar-refractivity contribution is 0.0729. The number of carbonyl (C=O) groups excluding carboxylic acids is 1. The van der Waals surface area contributed by atoms with Crippen molar-refractivity contribution in [1.82, 2.24) is 19.8 Å². The SMILES string of the molecule is CC(c1ccccn1)N(C)C(=O)c1cc(CNS(C)(=O)=O)on1. The molecule has 0 saturated heterocycles. The van der Waals surface area contributed by atoms with Gasteiger partial charge in [-0.2, -0.15) is 0 Å². The third-order valence-electron chi connectivity index (χ3n) is 3.30. The number of sulfonamides is 1. The van der Waals surface area contributed by atoms with Crippen LogP contribution in [0.3, 0.4) is 0 Å². The highest BCUT2D eigenvalue weighted by Gasteiger charge is 2.22. The summed E-state index contributed by atoms with van der Waals surface area (Å²) in [7, 11) is -1.70. The van der Waals surface area contributed by atoms with Crippen LogP contribution in [-0.4, -0.2) is 42.7 Å². The maximum atomic E-state index is 12.4. The molecule has 2 aromatic heterocycles. The fourth-order valence-corrected chi connectivity index (χ4v) is 2.28. The van der Waals surface area contributed by atoms with Crippen molar-refractivity contribution < 1.29 is 17.7 Å². The van der Waals surface area contributed by atoms with Gasteiger partial charge in [0.2, 0.25) is 10.0 Å². The molecule has 1 atom stereocenters. The third kappa shape index (κ3) is 4.60. The smallest absolute Gasteiger partial charge is 0.276 e. The van der Waals surface area contributed by atoms with Crippen molar-refractivity contribution in [3.8, 4) is 0 Å². The number of pyridine rings is 1. The molecule has 0 spiro atoms. The van der Waals surface area contributed by atoms with Crippen molar-refractivity contribution in [2.45, 2.75) is 19.5 Å². The monoisotopic (exact) mass is 338 g/mol. The lowest BCUT2D eigenvalue weighted by Crippen LogP contribution is -2.30. The van der Waals surface area contributed by atoms with E-state index in [0.29, 0.717) is 0 Å². The summed E-state index contributed by atoms with van der Waals surface area (Å²) in [6, 6.07) is 6.66. The van der Waals surface area contributed by atoms with Gasteiger partial charge in [-0.05, 0) is 19.1 Å². The molecule has 2 aromatic rings. The summed E-state index contributed by atoms with van der Waals surface area (Å²) in [6.07, 6.45) is 2.70. The Morgan fingerprint density at radius 3 is 2.78 bits per heavy atom. The summed E-state index contributed by atoms with van der Waals surface area (Å²) < 4.78 is 29.3. The van der Waals surface area contributed by atoms with Crippen LogP contribution in [0.5, 0.6) is 0 Å². The van der Waals surface area contributed by atoms with Crippen molar-refractivity contribution >= 4 is 15.9 Å². The number of rotatable bonds is 6. The minimum Gasteiger partial charge on any atom is -0.359 e. The number of carbonyl (C=O) groups is 1. The fraction of sp³-hybridized carbons (Fsp3) is 0.357. The highest BCUT2D eigenvalue weighted by atomic mass is 32.2. The molecular weight excluding hydrogens is 320 g/mol. The van der Waals surface area contributed by atoms with Crippen LogP contribution in [0.15, 0.2) is 35.0 Å². The van der Waals surface area contributed by atoms with Crippen molar-refractivity contribution in [3.05, 3.63) is 47.6 Å². The first-order chi connectivity index (χ1) is 10.8. The van der Waals surface area contributed by atoms with E-state index in [1.807, 2.05) is 19.1 Å². The molecule has 2 rings (SSSR count). The highest BCUT2D eigenvalue weighted by Crippen LogP contribution is 2.18. The first-order valence-electron chi connectivity index (χ1n) is 6.86. The average molecular weight is 338 g/mol. The predicted octanol–water partition coefficient (Wildman–Crippen LogP) is 0.952. The van der Waals surface area contributed by atoms with E-state index < -0.39 is 10.0 Å². The third-order valence-corrected chi connectivity index (χ3v) is 3.97. The molecule has 8 nitrogen and oxygen atoms in total. The van der Waals surface area contributed by atoms with E-state index in [1.165, 1.54) is 11.0 Å². The molecule has 0 bridgehead atoms. The van der Waals surface area contributed by atoms with E-state index in [4.69, 9.17) is 4.52 Å². The van der Waals surface area contributed by atoms with E-state index in [2.05, 4.69) is 14.9 Å². The molecule has 124 valence electrons. The van der Waals surface area contributed by atoms with Crippen LogP contribution in [0.25, 0.3) is 0 Å². The number of aromatic nitrogens is 2. The van der Waals surface area contributed by atoms with Gasteiger partial charge in [0.25, 0.3) is 5.91 Å². The molecule has 0 radical (unpaired) electrons. The molecule has 0 aromatic carbocycles. The van der Waals surface area contributed by atoms with Crippen molar-refractivity contribution in [1.29, 1.82) is 0 Å². The number of hydrogen-bond donors (Lipinski definition) is 1. The Balaban J connectivity index is 2.07. The lowest BCUT2D eigenvalue weighted by atomic mass is 10.2. The molecular formula is C14H18N4O4S. The van der Waals surface area contributed by atoms with Gasteiger partial charge in [0.05, 0.1) is 24.5 Å². The summed E-state index contributed by atoms with van der Waals surface area (Å²) in [5.41, 5.74) is 0.867. The van der Waals surface area contributed by atoms with E-state index in [0.717, 1.165) is 11.9 Å². The quantitative estimate of drug-likeness (QED) is 0.841. The fourth-order valence-electron chi connectivity index (χ4n) is 1.88. The van der Waals surface area contributed by atoms with Gasteiger partial charge < -0.3 is 9.42 Å². The molecule has 0 aliphatic carbocycles. The van der Waals surface area contributed by atoms with Gasteiger partial charge in [-0.15, -0.1) is 0 Å². The predicted molar refractivity (Wildman–Crippen MR) is 82.9 cm³/mol. The van der Waals surface area contributed by atoms with Crippen molar-refractivity contribution in [2.24, 2.45) is 0 Å². The number of nitrogens with zero attached hydrogens (tertiary/aromatic N) is 3. The zero-order valence-corrected chi connectivity index (χ0v) is 13.9. The van der Waals surface area contributed by atoms with Crippen LogP contribution < -0.4 is 4.72 Å². The van der Waals surface area contributed by atoms with E-state index in [9.17, 15) is 13.2 Å². The van der Waals surface area contributed by atoms with Gasteiger partial charge in [-0.1, -0.05) is 11.2 Å². The molecule has 0 fully saturated rings. The number of amides is 1. The molecule has 9 heteroatoms. The van der Waals surface area contributed by atoms with Gasteiger partial charge in [0, 0.05) is 19.3 Å². The molecule has 1 amide bonds. The standard InChI is InChI=1S/C14H18N4O4S/c1-10(12-6-4-5-7-15-12)18(2)14(19)13-8-11(22-17-13)9-16-23(3,20)21/h4-8,10,16H,9H2,1-3H3. The van der Waals surface area contributed by atoms with Crippen LogP contribution in [0.2, 0.25) is 0 Å². The van der Waals surface area contributed by atoms with E-state index in [-0.39, 0.29) is 29.9 Å². The van der Waals surface area contributed by atoms with Gasteiger partial charge in [0.15, 0.2) is 11.5 Å². The summed E-state index contributed by atoms with van der Waals surface area (Å²) in [6.45, 7) is 1.80. The summed E-state index contributed by atoms with van der Waals surface area (Å²) >= 11 is 0. The van der Waals surface area contributed by atoms with Crippen LogP contribution in [-0.2, 0) is 16.6 Å². The molecule has 0 saturated carbocycles. The first kappa shape index (κ1) is 17.1. The summed E-state index contributed by atoms with van der Waals surface area (Å²) in [5, 5.41) is 3.69. The van der Waals surface area contributed by atoms with E-state index >= 15 is 0 Å². The zero-order valence-electron chi connectivity index (χ0n) is 13.1. The number of nitrogens with one attached hydrogen (secondary N) is 1.